The van der Waals surface area contributed by atoms with Gasteiger partial charge in [0.1, 0.15) is 5.69 Å². The molecule has 0 radical (unpaired) electrons. The van der Waals surface area contributed by atoms with Crippen molar-refractivity contribution in [1.82, 2.24) is 15.0 Å². The lowest BCUT2D eigenvalue weighted by Gasteiger charge is -2.18. The van der Waals surface area contributed by atoms with Crippen LogP contribution in [-0.2, 0) is 6.54 Å². The number of hydrazine groups is 1. The summed E-state index contributed by atoms with van der Waals surface area (Å²) in [6, 6.07) is 21.1. The zero-order valence-corrected chi connectivity index (χ0v) is 20.2. The molecule has 0 saturated heterocycles. The van der Waals surface area contributed by atoms with Gasteiger partial charge in [0.05, 0.1) is 6.54 Å². The van der Waals surface area contributed by atoms with Crippen LogP contribution in [0.25, 0.3) is 21.9 Å². The number of hydrogen-bond donors (Lipinski definition) is 2. The van der Waals surface area contributed by atoms with Gasteiger partial charge in [0, 0.05) is 35.1 Å². The minimum Gasteiger partial charge on any atom is -0.477 e. The highest BCUT2D eigenvalue weighted by atomic mass is 79.9. The maximum absolute atomic E-state index is 13.5. The summed E-state index contributed by atoms with van der Waals surface area (Å²) in [4.78, 5) is 38.2. The van der Waals surface area contributed by atoms with E-state index in [9.17, 15) is 19.5 Å². The number of halogens is 1. The molecular weight excluding hydrogens is 498 g/mol. The first-order valence-corrected chi connectivity index (χ1v) is 11.3. The lowest BCUT2D eigenvalue weighted by Crippen LogP contribution is -2.36. The fraction of sp³-hybridized carbons (Fsp3) is 0.115. The summed E-state index contributed by atoms with van der Waals surface area (Å²) in [6.07, 6.45) is 0. The highest BCUT2D eigenvalue weighted by molar-refractivity contribution is 9.10. The van der Waals surface area contributed by atoms with Gasteiger partial charge in [0.15, 0.2) is 0 Å². The molecule has 3 aromatic carbocycles. The van der Waals surface area contributed by atoms with E-state index in [4.69, 9.17) is 0 Å². The molecule has 34 heavy (non-hydrogen) atoms. The maximum atomic E-state index is 13.5. The van der Waals surface area contributed by atoms with Gasteiger partial charge in [-0.3, -0.25) is 19.6 Å². The average Bonchev–Trinajstić information content (AvgIpc) is 2.80. The number of carboxylic acid groups (broad SMARTS) is 1. The number of rotatable bonds is 6. The van der Waals surface area contributed by atoms with Crippen LogP contribution in [0.3, 0.4) is 0 Å². The molecule has 7 nitrogen and oxygen atoms in total. The van der Waals surface area contributed by atoms with E-state index in [0.717, 1.165) is 4.47 Å². The van der Waals surface area contributed by atoms with Gasteiger partial charge in [0.25, 0.3) is 11.5 Å². The van der Waals surface area contributed by atoms with Gasteiger partial charge in [0.2, 0.25) is 0 Å². The van der Waals surface area contributed by atoms with Crippen molar-refractivity contribution >= 4 is 38.6 Å². The van der Waals surface area contributed by atoms with Crippen molar-refractivity contribution in [3.05, 3.63) is 104 Å². The molecule has 0 aliphatic carbocycles. The van der Waals surface area contributed by atoms with E-state index in [1.165, 1.54) is 4.57 Å². The second-order valence-corrected chi connectivity index (χ2v) is 8.92. The molecule has 0 aliphatic rings. The summed E-state index contributed by atoms with van der Waals surface area (Å²) in [5, 5.41) is 12.7. The number of hydrogen-bond acceptors (Lipinski definition) is 4. The molecule has 2 N–H and O–H groups in total. The van der Waals surface area contributed by atoms with E-state index in [1.807, 2.05) is 30.3 Å². The molecule has 0 atom stereocenters. The molecule has 0 fully saturated rings. The third-order valence-corrected chi connectivity index (χ3v) is 5.87. The van der Waals surface area contributed by atoms with Gasteiger partial charge in [-0.15, -0.1) is 0 Å². The number of nitrogens with zero attached hydrogens (tertiary/aromatic N) is 2. The SMILES string of the molecule is CN(C)NC(=O)c1ccc(Cn2c(C(=O)O)c(-c3ccccc3)c3cc(Br)ccc3c2=O)cc1. The number of aromatic nitrogens is 1. The number of benzene rings is 3. The Labute approximate surface area is 204 Å². The fourth-order valence-electron chi connectivity index (χ4n) is 3.90. The van der Waals surface area contributed by atoms with Gasteiger partial charge >= 0.3 is 5.97 Å². The van der Waals surface area contributed by atoms with Crippen molar-refractivity contribution < 1.29 is 14.7 Å². The van der Waals surface area contributed by atoms with E-state index in [-0.39, 0.29) is 18.1 Å². The molecule has 172 valence electrons. The van der Waals surface area contributed by atoms with Gasteiger partial charge in [-0.25, -0.2) is 9.80 Å². The van der Waals surface area contributed by atoms with E-state index in [1.54, 1.807) is 61.6 Å². The first kappa shape index (κ1) is 23.4. The van der Waals surface area contributed by atoms with Crippen LogP contribution in [0.2, 0.25) is 0 Å². The minimum absolute atomic E-state index is 0.0435. The van der Waals surface area contributed by atoms with Crippen LogP contribution in [0.4, 0.5) is 0 Å². The van der Waals surface area contributed by atoms with Crippen molar-refractivity contribution in [1.29, 1.82) is 0 Å². The topological polar surface area (TPSA) is 91.6 Å². The lowest BCUT2D eigenvalue weighted by atomic mass is 9.96. The van der Waals surface area contributed by atoms with Crippen molar-refractivity contribution in [3.8, 4) is 11.1 Å². The second-order valence-electron chi connectivity index (χ2n) is 8.01. The third kappa shape index (κ3) is 4.64. The molecular formula is C26H22BrN3O4. The van der Waals surface area contributed by atoms with Crippen LogP contribution in [-0.4, -0.2) is 40.7 Å². The van der Waals surface area contributed by atoms with Crippen LogP contribution in [0.1, 0.15) is 26.4 Å². The molecule has 4 aromatic rings. The molecule has 1 amide bonds. The quantitative estimate of drug-likeness (QED) is 0.368. The van der Waals surface area contributed by atoms with E-state index < -0.39 is 11.5 Å². The average molecular weight is 520 g/mol. The summed E-state index contributed by atoms with van der Waals surface area (Å²) >= 11 is 3.44. The van der Waals surface area contributed by atoms with Crippen LogP contribution in [0.5, 0.6) is 0 Å². The number of pyridine rings is 1. The zero-order chi connectivity index (χ0) is 24.4. The molecule has 4 rings (SSSR count). The molecule has 0 bridgehead atoms. The van der Waals surface area contributed by atoms with Crippen molar-refractivity contribution in [2.45, 2.75) is 6.54 Å². The smallest absolute Gasteiger partial charge is 0.353 e. The second kappa shape index (κ2) is 9.62. The summed E-state index contributed by atoms with van der Waals surface area (Å²) in [5.74, 6) is -1.46. The largest absolute Gasteiger partial charge is 0.477 e. The Hall–Kier alpha value is -3.75. The monoisotopic (exact) mass is 519 g/mol. The normalized spacial score (nSPS) is 11.1. The van der Waals surface area contributed by atoms with Crippen LogP contribution >= 0.6 is 15.9 Å². The lowest BCUT2D eigenvalue weighted by molar-refractivity contribution is 0.0685. The Balaban J connectivity index is 1.90. The summed E-state index contributed by atoms with van der Waals surface area (Å²) in [7, 11) is 3.43. The fourth-order valence-corrected chi connectivity index (χ4v) is 4.26. The Morgan fingerprint density at radius 1 is 0.971 bits per heavy atom. The predicted octanol–water partition coefficient (Wildman–Crippen LogP) is 4.38. The molecule has 0 unspecified atom stereocenters. The number of amides is 1. The first-order chi connectivity index (χ1) is 16.3. The van der Waals surface area contributed by atoms with E-state index >= 15 is 0 Å². The summed E-state index contributed by atoms with van der Waals surface area (Å²) < 4.78 is 2.03. The highest BCUT2D eigenvalue weighted by Crippen LogP contribution is 2.32. The number of fused-ring (bicyclic) bond motifs is 1. The molecule has 1 heterocycles. The molecule has 0 aliphatic heterocycles. The van der Waals surface area contributed by atoms with Gasteiger partial charge < -0.3 is 5.11 Å². The summed E-state index contributed by atoms with van der Waals surface area (Å²) in [6.45, 7) is 0.0435. The highest BCUT2D eigenvalue weighted by Gasteiger charge is 2.23. The number of carboxylic acids is 1. The molecule has 1 aromatic heterocycles. The predicted molar refractivity (Wildman–Crippen MR) is 135 cm³/mol. The van der Waals surface area contributed by atoms with Gasteiger partial charge in [-0.05, 0) is 46.8 Å². The number of aromatic carboxylic acids is 1. The Morgan fingerprint density at radius 2 is 1.65 bits per heavy atom. The standard InChI is InChI=1S/C26H22BrN3O4/c1-29(2)28-24(31)18-10-8-16(9-11-18)15-30-23(26(33)34)22(17-6-4-3-5-7-17)21-14-19(27)12-13-20(21)25(30)32/h3-14H,15H2,1-2H3,(H,28,31)(H,33,34). The zero-order valence-electron chi connectivity index (χ0n) is 18.6. The van der Waals surface area contributed by atoms with Gasteiger partial charge in [-0.1, -0.05) is 58.4 Å². The maximum Gasteiger partial charge on any atom is 0.353 e. The first-order valence-electron chi connectivity index (χ1n) is 10.5. The van der Waals surface area contributed by atoms with Crippen molar-refractivity contribution in [2.75, 3.05) is 14.1 Å². The third-order valence-electron chi connectivity index (χ3n) is 5.38. The molecule has 8 heteroatoms. The van der Waals surface area contributed by atoms with Crippen LogP contribution in [0, 0.1) is 0 Å². The number of carbonyl (C=O) groups is 2. The Morgan fingerprint density at radius 3 is 2.26 bits per heavy atom. The van der Waals surface area contributed by atoms with Crippen molar-refractivity contribution in [2.24, 2.45) is 0 Å². The van der Waals surface area contributed by atoms with Crippen LogP contribution in [0.15, 0.2) is 82.1 Å². The molecule has 0 saturated carbocycles. The minimum atomic E-state index is -1.19. The Kier molecular flexibility index (Phi) is 6.63. The van der Waals surface area contributed by atoms with Crippen LogP contribution < -0.4 is 11.0 Å². The number of nitrogens with one attached hydrogen (secondary N) is 1. The molecule has 0 spiro atoms. The Bertz CT molecular complexity index is 1450. The van der Waals surface area contributed by atoms with E-state index in [2.05, 4.69) is 21.4 Å². The van der Waals surface area contributed by atoms with Crippen molar-refractivity contribution in [3.63, 3.8) is 0 Å². The van der Waals surface area contributed by atoms with Gasteiger partial charge in [-0.2, -0.15) is 0 Å². The summed E-state index contributed by atoms with van der Waals surface area (Å²) in [5.41, 5.74) is 4.52. The van der Waals surface area contributed by atoms with E-state index in [0.29, 0.717) is 33.0 Å². The number of carbonyl (C=O) groups excluding carboxylic acids is 1.